The molecule has 20 heavy (non-hydrogen) atoms. The molecule has 2 amide bonds. The summed E-state index contributed by atoms with van der Waals surface area (Å²) in [6.07, 6.45) is 0. The van der Waals surface area contributed by atoms with E-state index < -0.39 is 11.9 Å². The molecule has 1 aromatic carbocycles. The number of urea groups is 1. The molecule has 3 N–H and O–H groups in total. The van der Waals surface area contributed by atoms with E-state index in [-0.39, 0.29) is 12.6 Å². The summed E-state index contributed by atoms with van der Waals surface area (Å²) in [5, 5.41) is 14.5. The predicted octanol–water partition coefficient (Wildman–Crippen LogP) is 0.716. The highest BCUT2D eigenvalue weighted by molar-refractivity contribution is 5.79. The number of rotatable bonds is 7. The summed E-state index contributed by atoms with van der Waals surface area (Å²) >= 11 is 0. The number of carboxylic acid groups (broad SMARTS) is 1. The average molecular weight is 279 g/mol. The van der Waals surface area contributed by atoms with E-state index in [0.29, 0.717) is 12.1 Å². The molecule has 0 bridgehead atoms. The normalized spacial score (nSPS) is 11.9. The Labute approximate surface area is 118 Å². The summed E-state index contributed by atoms with van der Waals surface area (Å²) in [5.41, 5.74) is 0.675. The van der Waals surface area contributed by atoms with Crippen LogP contribution in [0.2, 0.25) is 0 Å². The lowest BCUT2D eigenvalue weighted by molar-refractivity contribution is -0.138. The van der Waals surface area contributed by atoms with Gasteiger partial charge in [-0.25, -0.2) is 4.79 Å². The fourth-order valence-electron chi connectivity index (χ4n) is 1.68. The van der Waals surface area contributed by atoms with E-state index in [1.165, 1.54) is 0 Å². The van der Waals surface area contributed by atoms with Gasteiger partial charge in [0.05, 0.1) is 5.92 Å². The number of carbonyl (C=O) groups is 2. The summed E-state index contributed by atoms with van der Waals surface area (Å²) in [6.45, 7) is 1.31. The van der Waals surface area contributed by atoms with Crippen molar-refractivity contribution >= 4 is 12.0 Å². The van der Waals surface area contributed by atoms with E-state index in [1.54, 1.807) is 24.3 Å². The van der Waals surface area contributed by atoms with Crippen LogP contribution in [0.1, 0.15) is 11.5 Å². The molecule has 0 aromatic heterocycles. The second-order valence-corrected chi connectivity index (χ2v) is 4.74. The van der Waals surface area contributed by atoms with Crippen molar-refractivity contribution in [1.82, 2.24) is 15.5 Å². The number of nitrogens with zero attached hydrogens (tertiary/aromatic N) is 1. The van der Waals surface area contributed by atoms with Crippen LogP contribution in [0.5, 0.6) is 0 Å². The molecule has 0 heterocycles. The fourth-order valence-corrected chi connectivity index (χ4v) is 1.68. The predicted molar refractivity (Wildman–Crippen MR) is 76.8 cm³/mol. The molecule has 0 fully saturated rings. The number of likely N-dealkylation sites (N-methyl/N-ethyl adjacent to an activating group) is 1. The number of hydrogen-bond acceptors (Lipinski definition) is 3. The Balaban J connectivity index is 2.44. The van der Waals surface area contributed by atoms with Crippen LogP contribution in [0.4, 0.5) is 4.79 Å². The third kappa shape index (κ3) is 5.71. The van der Waals surface area contributed by atoms with Gasteiger partial charge >= 0.3 is 12.0 Å². The number of aliphatic carboxylic acids is 1. The maximum absolute atomic E-state index is 11.5. The third-order valence-electron chi connectivity index (χ3n) is 2.81. The first-order valence-electron chi connectivity index (χ1n) is 6.45. The molecule has 1 unspecified atom stereocenters. The molecule has 110 valence electrons. The van der Waals surface area contributed by atoms with Gasteiger partial charge in [0, 0.05) is 19.6 Å². The Morgan fingerprint density at radius 2 is 1.85 bits per heavy atom. The van der Waals surface area contributed by atoms with E-state index in [0.717, 1.165) is 6.54 Å². The molecular formula is C14H21N3O3. The van der Waals surface area contributed by atoms with Crippen molar-refractivity contribution in [2.45, 2.75) is 5.92 Å². The smallest absolute Gasteiger partial charge is 0.314 e. The fraction of sp³-hybridized carbons (Fsp3) is 0.429. The molecule has 0 aliphatic rings. The van der Waals surface area contributed by atoms with Gasteiger partial charge in [-0.2, -0.15) is 0 Å². The highest BCUT2D eigenvalue weighted by Gasteiger charge is 2.20. The van der Waals surface area contributed by atoms with E-state index >= 15 is 0 Å². The Bertz CT molecular complexity index is 435. The molecule has 0 spiro atoms. The zero-order chi connectivity index (χ0) is 15.0. The van der Waals surface area contributed by atoms with Crippen molar-refractivity contribution in [3.05, 3.63) is 35.9 Å². The second-order valence-electron chi connectivity index (χ2n) is 4.74. The van der Waals surface area contributed by atoms with Crippen molar-refractivity contribution in [2.24, 2.45) is 0 Å². The quantitative estimate of drug-likeness (QED) is 0.687. The standard InChI is InChI=1S/C14H21N3O3/c1-17(2)9-8-15-14(20)16-10-12(13(18)19)11-6-4-3-5-7-11/h3-7,12H,8-10H2,1-2H3,(H,18,19)(H2,15,16,20). The van der Waals surface area contributed by atoms with E-state index in [2.05, 4.69) is 10.6 Å². The topological polar surface area (TPSA) is 81.7 Å². The molecule has 1 aromatic rings. The zero-order valence-corrected chi connectivity index (χ0v) is 11.8. The minimum atomic E-state index is -0.954. The van der Waals surface area contributed by atoms with Gasteiger partial charge in [-0.3, -0.25) is 4.79 Å². The monoisotopic (exact) mass is 279 g/mol. The third-order valence-corrected chi connectivity index (χ3v) is 2.81. The summed E-state index contributed by atoms with van der Waals surface area (Å²) < 4.78 is 0. The molecule has 0 aliphatic heterocycles. The number of nitrogens with one attached hydrogen (secondary N) is 2. The van der Waals surface area contributed by atoms with Gasteiger partial charge in [0.15, 0.2) is 0 Å². The Kier molecular flexibility index (Phi) is 6.52. The summed E-state index contributed by atoms with van der Waals surface area (Å²) in [7, 11) is 3.82. The first kappa shape index (κ1) is 16.0. The highest BCUT2D eigenvalue weighted by atomic mass is 16.4. The second kappa shape index (κ2) is 8.16. The molecule has 1 rings (SSSR count). The van der Waals surface area contributed by atoms with Gasteiger partial charge in [0.1, 0.15) is 0 Å². The summed E-state index contributed by atoms with van der Waals surface area (Å²) in [4.78, 5) is 24.7. The maximum atomic E-state index is 11.5. The van der Waals surface area contributed by atoms with Crippen LogP contribution in [0, 0.1) is 0 Å². The minimum Gasteiger partial charge on any atom is -0.481 e. The van der Waals surface area contributed by atoms with Crippen LogP contribution < -0.4 is 10.6 Å². The Morgan fingerprint density at radius 3 is 2.40 bits per heavy atom. The molecule has 6 nitrogen and oxygen atoms in total. The summed E-state index contributed by atoms with van der Waals surface area (Å²) in [5.74, 6) is -1.69. The van der Waals surface area contributed by atoms with Crippen LogP contribution in [-0.4, -0.2) is 55.7 Å². The van der Waals surface area contributed by atoms with Crippen LogP contribution in [0.3, 0.4) is 0 Å². The minimum absolute atomic E-state index is 0.0626. The van der Waals surface area contributed by atoms with Gasteiger partial charge in [-0.05, 0) is 19.7 Å². The average Bonchev–Trinajstić information content (AvgIpc) is 2.39. The molecule has 0 radical (unpaired) electrons. The first-order chi connectivity index (χ1) is 9.50. The number of carbonyl (C=O) groups excluding carboxylic acids is 1. The van der Waals surface area contributed by atoms with Gasteiger partial charge in [0.25, 0.3) is 0 Å². The molecule has 0 saturated heterocycles. The number of hydrogen-bond donors (Lipinski definition) is 3. The molecular weight excluding hydrogens is 258 g/mol. The van der Waals surface area contributed by atoms with Crippen LogP contribution in [0.15, 0.2) is 30.3 Å². The van der Waals surface area contributed by atoms with E-state index in [4.69, 9.17) is 0 Å². The molecule has 1 atom stereocenters. The number of benzene rings is 1. The highest BCUT2D eigenvalue weighted by Crippen LogP contribution is 2.14. The van der Waals surface area contributed by atoms with Crippen LogP contribution in [-0.2, 0) is 4.79 Å². The van der Waals surface area contributed by atoms with Crippen molar-refractivity contribution in [3.63, 3.8) is 0 Å². The van der Waals surface area contributed by atoms with Crippen molar-refractivity contribution in [2.75, 3.05) is 33.7 Å². The van der Waals surface area contributed by atoms with Crippen LogP contribution in [0.25, 0.3) is 0 Å². The first-order valence-corrected chi connectivity index (χ1v) is 6.45. The van der Waals surface area contributed by atoms with Gasteiger partial charge < -0.3 is 20.6 Å². The molecule has 0 saturated carbocycles. The van der Waals surface area contributed by atoms with Gasteiger partial charge in [-0.1, -0.05) is 30.3 Å². The zero-order valence-electron chi connectivity index (χ0n) is 11.8. The van der Waals surface area contributed by atoms with Crippen LogP contribution >= 0.6 is 0 Å². The lowest BCUT2D eigenvalue weighted by Gasteiger charge is -2.15. The Hall–Kier alpha value is -2.08. The summed E-state index contributed by atoms with van der Waals surface area (Å²) in [6, 6.07) is 8.51. The van der Waals surface area contributed by atoms with Gasteiger partial charge in [0.2, 0.25) is 0 Å². The maximum Gasteiger partial charge on any atom is 0.314 e. The number of carboxylic acids is 1. The lowest BCUT2D eigenvalue weighted by Crippen LogP contribution is -2.41. The van der Waals surface area contributed by atoms with Gasteiger partial charge in [-0.15, -0.1) is 0 Å². The van der Waals surface area contributed by atoms with Crippen molar-refractivity contribution in [1.29, 1.82) is 0 Å². The molecule has 0 aliphatic carbocycles. The lowest BCUT2D eigenvalue weighted by atomic mass is 9.99. The SMILES string of the molecule is CN(C)CCNC(=O)NCC(C(=O)O)c1ccccc1. The molecule has 6 heteroatoms. The van der Waals surface area contributed by atoms with Crippen molar-refractivity contribution < 1.29 is 14.7 Å². The van der Waals surface area contributed by atoms with E-state index in [1.807, 2.05) is 25.1 Å². The Morgan fingerprint density at radius 1 is 1.20 bits per heavy atom. The van der Waals surface area contributed by atoms with E-state index in [9.17, 15) is 14.7 Å². The number of amides is 2. The largest absolute Gasteiger partial charge is 0.481 e. The van der Waals surface area contributed by atoms with Crippen molar-refractivity contribution in [3.8, 4) is 0 Å².